The number of para-hydroxylation sites is 1. The van der Waals surface area contributed by atoms with Crippen LogP contribution in [0.25, 0.3) is 10.9 Å². The first-order valence-corrected chi connectivity index (χ1v) is 10.6. The van der Waals surface area contributed by atoms with Crippen molar-refractivity contribution in [2.45, 2.75) is 25.3 Å². The van der Waals surface area contributed by atoms with Gasteiger partial charge in [0.05, 0.1) is 6.04 Å². The molecule has 4 nitrogen and oxygen atoms in total. The minimum Gasteiger partial charge on any atom is -0.454 e. The van der Waals surface area contributed by atoms with Crippen LogP contribution in [0.1, 0.15) is 46.8 Å². The zero-order valence-electron chi connectivity index (χ0n) is 16.9. The highest BCUT2D eigenvalue weighted by Crippen LogP contribution is 2.43. The fourth-order valence-corrected chi connectivity index (χ4v) is 4.87. The van der Waals surface area contributed by atoms with Crippen LogP contribution in [-0.2, 0) is 6.42 Å². The van der Waals surface area contributed by atoms with Gasteiger partial charge in [-0.15, -0.1) is 0 Å². The van der Waals surface area contributed by atoms with Crippen molar-refractivity contribution in [2.75, 3.05) is 13.3 Å². The number of nitrogens with one attached hydrogen (secondary N) is 2. The first-order chi connectivity index (χ1) is 14.8. The van der Waals surface area contributed by atoms with Gasteiger partial charge in [0.1, 0.15) is 0 Å². The van der Waals surface area contributed by atoms with Gasteiger partial charge in [-0.25, -0.2) is 0 Å². The van der Waals surface area contributed by atoms with Crippen molar-refractivity contribution in [1.82, 2.24) is 10.3 Å². The molecule has 2 aliphatic heterocycles. The van der Waals surface area contributed by atoms with E-state index in [-0.39, 0.29) is 6.04 Å². The predicted octanol–water partition coefficient (Wildman–Crippen LogP) is 5.28. The summed E-state index contributed by atoms with van der Waals surface area (Å²) < 4.78 is 11.1. The van der Waals surface area contributed by atoms with Gasteiger partial charge in [-0.3, -0.25) is 0 Å². The molecule has 2 aliphatic rings. The lowest BCUT2D eigenvalue weighted by Gasteiger charge is -2.31. The van der Waals surface area contributed by atoms with Crippen molar-refractivity contribution in [3.05, 3.63) is 94.7 Å². The molecule has 0 saturated heterocycles. The van der Waals surface area contributed by atoms with Crippen molar-refractivity contribution < 1.29 is 9.47 Å². The molecule has 4 aromatic rings. The Morgan fingerprint density at radius 3 is 2.57 bits per heavy atom. The molecular formula is C26H24N2O2. The largest absolute Gasteiger partial charge is 0.454 e. The third-order valence-corrected chi connectivity index (χ3v) is 6.46. The fraction of sp³-hybridized carbons (Fsp3) is 0.231. The lowest BCUT2D eigenvalue weighted by molar-refractivity contribution is 0.174. The zero-order valence-corrected chi connectivity index (χ0v) is 16.9. The van der Waals surface area contributed by atoms with E-state index in [2.05, 4.69) is 77.9 Å². The Morgan fingerprint density at radius 2 is 1.70 bits per heavy atom. The molecule has 1 aromatic heterocycles. The third kappa shape index (κ3) is 2.71. The predicted molar refractivity (Wildman–Crippen MR) is 118 cm³/mol. The molecule has 2 atom stereocenters. The molecule has 0 radical (unpaired) electrons. The second-order valence-electron chi connectivity index (χ2n) is 8.10. The lowest BCUT2D eigenvalue weighted by Crippen LogP contribution is -2.34. The second kappa shape index (κ2) is 6.92. The van der Waals surface area contributed by atoms with Crippen molar-refractivity contribution >= 4 is 10.9 Å². The van der Waals surface area contributed by atoms with Crippen LogP contribution in [0.4, 0.5) is 0 Å². The molecule has 2 unspecified atom stereocenters. The summed E-state index contributed by atoms with van der Waals surface area (Å²) in [4.78, 5) is 3.72. The van der Waals surface area contributed by atoms with Crippen LogP contribution >= 0.6 is 0 Å². The highest BCUT2D eigenvalue weighted by atomic mass is 16.7. The smallest absolute Gasteiger partial charge is 0.231 e. The molecule has 3 heterocycles. The van der Waals surface area contributed by atoms with E-state index in [0.717, 1.165) is 24.5 Å². The fourth-order valence-electron chi connectivity index (χ4n) is 4.87. The van der Waals surface area contributed by atoms with Gasteiger partial charge in [0.2, 0.25) is 6.79 Å². The van der Waals surface area contributed by atoms with Crippen LogP contribution in [0, 0.1) is 0 Å². The maximum Gasteiger partial charge on any atom is 0.231 e. The van der Waals surface area contributed by atoms with Gasteiger partial charge in [0.15, 0.2) is 11.5 Å². The van der Waals surface area contributed by atoms with Gasteiger partial charge in [0, 0.05) is 29.1 Å². The van der Waals surface area contributed by atoms with Crippen molar-refractivity contribution in [3.63, 3.8) is 0 Å². The highest BCUT2D eigenvalue weighted by Gasteiger charge is 2.33. The van der Waals surface area contributed by atoms with E-state index in [4.69, 9.17) is 9.47 Å². The van der Waals surface area contributed by atoms with Gasteiger partial charge < -0.3 is 19.8 Å². The summed E-state index contributed by atoms with van der Waals surface area (Å²) in [5.74, 6) is 1.96. The molecule has 0 bridgehead atoms. The first-order valence-electron chi connectivity index (χ1n) is 10.6. The van der Waals surface area contributed by atoms with Crippen LogP contribution < -0.4 is 14.8 Å². The number of aryl methyl sites for hydroxylation is 1. The summed E-state index contributed by atoms with van der Waals surface area (Å²) >= 11 is 0. The van der Waals surface area contributed by atoms with Crippen molar-refractivity contribution in [3.8, 4) is 11.5 Å². The van der Waals surface area contributed by atoms with Gasteiger partial charge in [-0.05, 0) is 46.9 Å². The summed E-state index contributed by atoms with van der Waals surface area (Å²) in [5.41, 5.74) is 7.75. The minimum atomic E-state index is 0.0908. The molecule has 150 valence electrons. The maximum atomic E-state index is 5.63. The number of aromatic nitrogens is 1. The molecule has 0 spiro atoms. The topological polar surface area (TPSA) is 46.3 Å². The molecule has 0 fully saturated rings. The number of hydrogen-bond acceptors (Lipinski definition) is 3. The highest BCUT2D eigenvalue weighted by molar-refractivity contribution is 5.86. The van der Waals surface area contributed by atoms with Crippen LogP contribution in [0.5, 0.6) is 11.5 Å². The quantitative estimate of drug-likeness (QED) is 0.495. The van der Waals surface area contributed by atoms with Crippen LogP contribution in [0.15, 0.2) is 66.7 Å². The first kappa shape index (κ1) is 17.6. The van der Waals surface area contributed by atoms with Crippen LogP contribution in [0.3, 0.4) is 0 Å². The zero-order chi connectivity index (χ0) is 20.1. The van der Waals surface area contributed by atoms with E-state index < -0.39 is 0 Å². The molecule has 0 saturated carbocycles. The number of rotatable bonds is 3. The molecular weight excluding hydrogens is 372 g/mol. The Balaban J connectivity index is 1.49. The average molecular weight is 396 g/mol. The van der Waals surface area contributed by atoms with E-state index in [1.54, 1.807) is 0 Å². The lowest BCUT2D eigenvalue weighted by atomic mass is 9.83. The van der Waals surface area contributed by atoms with Gasteiger partial charge in [0.25, 0.3) is 0 Å². The molecule has 30 heavy (non-hydrogen) atoms. The van der Waals surface area contributed by atoms with E-state index in [9.17, 15) is 0 Å². The number of ether oxygens (including phenoxy) is 2. The van der Waals surface area contributed by atoms with E-state index >= 15 is 0 Å². The SMILES string of the molecule is CCc1ccc(C2CNC(c3ccc4c(c3)OCO4)c3[nH]c4ccccc4c32)cc1. The third-order valence-electron chi connectivity index (χ3n) is 6.46. The maximum absolute atomic E-state index is 5.63. The number of aromatic amines is 1. The average Bonchev–Trinajstić information content (AvgIpc) is 3.43. The Kier molecular flexibility index (Phi) is 4.06. The summed E-state index contributed by atoms with van der Waals surface area (Å²) in [6.45, 7) is 3.38. The Labute approximate surface area is 175 Å². The molecule has 0 amide bonds. The number of H-pyrrole nitrogens is 1. The van der Waals surface area contributed by atoms with Gasteiger partial charge in [-0.2, -0.15) is 0 Å². The normalized spacial score (nSPS) is 19.8. The van der Waals surface area contributed by atoms with E-state index in [1.165, 1.54) is 38.9 Å². The van der Waals surface area contributed by atoms with Crippen molar-refractivity contribution in [1.29, 1.82) is 0 Å². The van der Waals surface area contributed by atoms with E-state index in [0.29, 0.717) is 12.7 Å². The number of fused-ring (bicyclic) bond motifs is 4. The summed E-state index contributed by atoms with van der Waals surface area (Å²) in [6.07, 6.45) is 1.06. The molecule has 4 heteroatoms. The Bertz CT molecular complexity index is 1230. The minimum absolute atomic E-state index is 0.0908. The molecule has 3 aromatic carbocycles. The van der Waals surface area contributed by atoms with Gasteiger partial charge >= 0.3 is 0 Å². The summed E-state index contributed by atoms with van der Waals surface area (Å²) in [6, 6.07) is 24.1. The van der Waals surface area contributed by atoms with Crippen molar-refractivity contribution in [2.24, 2.45) is 0 Å². The molecule has 6 rings (SSSR count). The Morgan fingerprint density at radius 1 is 0.900 bits per heavy atom. The monoisotopic (exact) mass is 396 g/mol. The number of benzene rings is 3. The molecule has 2 N–H and O–H groups in total. The number of hydrogen-bond donors (Lipinski definition) is 2. The summed E-state index contributed by atoms with van der Waals surface area (Å²) in [5, 5.41) is 5.10. The standard InChI is InChI=1S/C26H24N2O2/c1-2-16-7-9-17(10-8-16)20-14-27-25(18-11-12-22-23(13-18)30-15-29-22)26-24(20)19-5-3-4-6-21(19)28-26/h3-13,20,25,27-28H,2,14-15H2,1H3. The second-order valence-corrected chi connectivity index (χ2v) is 8.10. The van der Waals surface area contributed by atoms with E-state index in [1.807, 2.05) is 6.07 Å². The van der Waals surface area contributed by atoms with Crippen LogP contribution in [0.2, 0.25) is 0 Å². The summed E-state index contributed by atoms with van der Waals surface area (Å²) in [7, 11) is 0. The molecule has 0 aliphatic carbocycles. The Hall–Kier alpha value is -3.24. The van der Waals surface area contributed by atoms with Gasteiger partial charge in [-0.1, -0.05) is 55.5 Å². The van der Waals surface area contributed by atoms with Crippen LogP contribution in [-0.4, -0.2) is 18.3 Å².